The van der Waals surface area contributed by atoms with Crippen molar-refractivity contribution in [3.8, 4) is 0 Å². The van der Waals surface area contributed by atoms with Crippen LogP contribution >= 0.6 is 7.26 Å². The van der Waals surface area contributed by atoms with Gasteiger partial charge in [-0.2, -0.15) is 0 Å². The first-order valence-electron chi connectivity index (χ1n) is 14.8. The van der Waals surface area contributed by atoms with Crippen molar-refractivity contribution in [1.29, 1.82) is 0 Å². The van der Waals surface area contributed by atoms with E-state index in [-0.39, 0.29) is 17.0 Å². The van der Waals surface area contributed by atoms with E-state index in [0.717, 1.165) is 0 Å². The standard InChI is InChI=1S/C29H63NP.BrH/c1-5-9-13-14-15-16-17-18-19-20-21-22-24-30-25-23-29-31(26-10-6-2,27-11-7-3)28-12-8-4;/h30H,5-29H2,1-4H3;1H/q+1;/p-1. The van der Waals surface area contributed by atoms with Gasteiger partial charge in [0.05, 0.1) is 24.6 Å². The van der Waals surface area contributed by atoms with Crippen molar-refractivity contribution in [3.63, 3.8) is 0 Å². The molecule has 1 N–H and O–H groups in total. The van der Waals surface area contributed by atoms with E-state index in [1.54, 1.807) is 24.6 Å². The van der Waals surface area contributed by atoms with Crippen molar-refractivity contribution < 1.29 is 17.0 Å². The largest absolute Gasteiger partial charge is 1.00 e. The molecule has 0 amide bonds. The van der Waals surface area contributed by atoms with Gasteiger partial charge in [-0.05, 0) is 45.2 Å². The Morgan fingerprint density at radius 2 is 0.688 bits per heavy atom. The Morgan fingerprint density at radius 1 is 0.375 bits per heavy atom. The van der Waals surface area contributed by atoms with E-state index in [4.69, 9.17) is 0 Å². The van der Waals surface area contributed by atoms with Crippen LogP contribution in [-0.4, -0.2) is 37.7 Å². The SMILES string of the molecule is CCCCCCCCCCCCCCNCCC[P+](CCCC)(CCCC)CCCC.[Br-]. The first-order chi connectivity index (χ1) is 15.2. The van der Waals surface area contributed by atoms with Gasteiger partial charge in [0, 0.05) is 7.26 Å². The topological polar surface area (TPSA) is 12.0 Å². The smallest absolute Gasteiger partial charge is 0.0606 e. The average molecular weight is 537 g/mol. The van der Waals surface area contributed by atoms with Crippen LogP contribution in [0.5, 0.6) is 0 Å². The van der Waals surface area contributed by atoms with Crippen molar-refractivity contribution in [2.75, 3.05) is 37.7 Å². The van der Waals surface area contributed by atoms with E-state index in [1.165, 1.54) is 135 Å². The first kappa shape index (κ1) is 35.0. The summed E-state index contributed by atoms with van der Waals surface area (Å²) in [6.45, 7) is 12.0. The Kier molecular flexibility index (Phi) is 30.8. The van der Waals surface area contributed by atoms with Crippen molar-refractivity contribution in [2.24, 2.45) is 0 Å². The average Bonchev–Trinajstić information content (AvgIpc) is 2.79. The van der Waals surface area contributed by atoms with Gasteiger partial charge in [0.1, 0.15) is 0 Å². The van der Waals surface area contributed by atoms with Crippen LogP contribution in [0.3, 0.4) is 0 Å². The van der Waals surface area contributed by atoms with E-state index in [9.17, 15) is 0 Å². The second-order valence-electron chi connectivity index (χ2n) is 10.3. The van der Waals surface area contributed by atoms with Gasteiger partial charge in [0.25, 0.3) is 0 Å². The zero-order valence-electron chi connectivity index (χ0n) is 23.0. The third-order valence-electron chi connectivity index (χ3n) is 7.15. The van der Waals surface area contributed by atoms with Gasteiger partial charge in [-0.25, -0.2) is 0 Å². The van der Waals surface area contributed by atoms with Crippen molar-refractivity contribution >= 4 is 7.26 Å². The number of unbranched alkanes of at least 4 members (excludes halogenated alkanes) is 14. The van der Waals surface area contributed by atoms with Crippen LogP contribution in [0.15, 0.2) is 0 Å². The van der Waals surface area contributed by atoms with E-state index < -0.39 is 7.26 Å². The predicted octanol–water partition coefficient (Wildman–Crippen LogP) is 7.09. The number of hydrogen-bond acceptors (Lipinski definition) is 1. The third-order valence-corrected chi connectivity index (χ3v) is 12.2. The summed E-state index contributed by atoms with van der Waals surface area (Å²) in [5.74, 6) is 0. The molecule has 0 saturated carbocycles. The molecule has 1 nitrogen and oxygen atoms in total. The molecular weight excluding hydrogens is 473 g/mol. The van der Waals surface area contributed by atoms with Crippen LogP contribution < -0.4 is 22.3 Å². The fourth-order valence-corrected chi connectivity index (χ4v) is 10.0. The number of hydrogen-bond donors (Lipinski definition) is 1. The van der Waals surface area contributed by atoms with Gasteiger partial charge in [-0.3, -0.25) is 0 Å². The van der Waals surface area contributed by atoms with Gasteiger partial charge in [0.2, 0.25) is 0 Å². The molecule has 0 aromatic heterocycles. The van der Waals surface area contributed by atoms with Crippen LogP contribution in [-0.2, 0) is 0 Å². The second-order valence-corrected chi connectivity index (χ2v) is 14.8. The molecule has 0 aliphatic heterocycles. The molecule has 0 aromatic carbocycles. The number of halogens is 1. The van der Waals surface area contributed by atoms with Crippen LogP contribution in [0.2, 0.25) is 0 Å². The van der Waals surface area contributed by atoms with E-state index in [0.29, 0.717) is 0 Å². The molecule has 0 radical (unpaired) electrons. The van der Waals surface area contributed by atoms with Gasteiger partial charge in [-0.15, -0.1) is 0 Å². The van der Waals surface area contributed by atoms with Crippen LogP contribution in [0.4, 0.5) is 0 Å². The quantitative estimate of drug-likeness (QED) is 0.0919. The first-order valence-corrected chi connectivity index (χ1v) is 17.3. The van der Waals surface area contributed by atoms with Gasteiger partial charge in [-0.1, -0.05) is 118 Å². The highest BCUT2D eigenvalue weighted by Gasteiger charge is 2.34. The molecule has 0 atom stereocenters. The summed E-state index contributed by atoms with van der Waals surface area (Å²) in [5, 5.41) is 3.78. The molecule has 0 saturated heterocycles. The Hall–Kier alpha value is 0.870. The van der Waals surface area contributed by atoms with Crippen molar-refractivity contribution in [3.05, 3.63) is 0 Å². The van der Waals surface area contributed by atoms with Crippen LogP contribution in [0, 0.1) is 0 Å². The summed E-state index contributed by atoms with van der Waals surface area (Å²) < 4.78 is 0. The maximum absolute atomic E-state index is 3.78. The second kappa shape index (κ2) is 28.1. The fourth-order valence-electron chi connectivity index (χ4n) is 4.91. The number of nitrogens with one attached hydrogen (secondary N) is 1. The van der Waals surface area contributed by atoms with Crippen molar-refractivity contribution in [1.82, 2.24) is 5.32 Å². The number of rotatable bonds is 26. The highest BCUT2D eigenvalue weighted by Crippen LogP contribution is 2.61. The lowest BCUT2D eigenvalue weighted by Gasteiger charge is -2.28. The van der Waals surface area contributed by atoms with Gasteiger partial charge in [0.15, 0.2) is 0 Å². The molecule has 196 valence electrons. The van der Waals surface area contributed by atoms with Gasteiger partial charge < -0.3 is 22.3 Å². The molecule has 32 heavy (non-hydrogen) atoms. The highest BCUT2D eigenvalue weighted by atomic mass is 79.9. The maximum Gasteiger partial charge on any atom is 0.0606 e. The molecule has 0 fully saturated rings. The summed E-state index contributed by atoms with van der Waals surface area (Å²) in [7, 11) is -0.674. The van der Waals surface area contributed by atoms with Crippen molar-refractivity contribution in [2.45, 2.75) is 150 Å². The zero-order valence-corrected chi connectivity index (χ0v) is 25.5. The predicted molar refractivity (Wildman–Crippen MR) is 150 cm³/mol. The molecule has 0 spiro atoms. The third kappa shape index (κ3) is 22.7. The fraction of sp³-hybridized carbons (Fsp3) is 1.00. The van der Waals surface area contributed by atoms with Gasteiger partial charge >= 0.3 is 0 Å². The molecule has 0 bridgehead atoms. The molecule has 0 rings (SSSR count). The molecule has 0 aliphatic rings. The van der Waals surface area contributed by atoms with Crippen LogP contribution in [0.1, 0.15) is 150 Å². The molecule has 3 heteroatoms. The lowest BCUT2D eigenvalue weighted by atomic mass is 10.1. The molecule has 0 unspecified atom stereocenters. The minimum Gasteiger partial charge on any atom is -1.00 e. The Morgan fingerprint density at radius 3 is 1.09 bits per heavy atom. The maximum atomic E-state index is 3.78. The highest BCUT2D eigenvalue weighted by molar-refractivity contribution is 7.75. The van der Waals surface area contributed by atoms with Crippen LogP contribution in [0.25, 0.3) is 0 Å². The van der Waals surface area contributed by atoms with E-state index in [1.807, 2.05) is 0 Å². The molecule has 0 aliphatic carbocycles. The monoisotopic (exact) mass is 535 g/mol. The summed E-state index contributed by atoms with van der Waals surface area (Å²) in [6.07, 6.45) is 33.7. The Labute approximate surface area is 216 Å². The summed E-state index contributed by atoms with van der Waals surface area (Å²) in [6, 6.07) is 0. The molecule has 0 aromatic rings. The van der Waals surface area contributed by atoms with E-state index in [2.05, 4.69) is 33.0 Å². The Bertz CT molecular complexity index is 315. The van der Waals surface area contributed by atoms with E-state index >= 15 is 0 Å². The summed E-state index contributed by atoms with van der Waals surface area (Å²) in [4.78, 5) is 0. The Balaban J connectivity index is 0. The summed E-state index contributed by atoms with van der Waals surface area (Å²) in [5.41, 5.74) is 0. The minimum atomic E-state index is -0.674. The molecule has 0 heterocycles. The lowest BCUT2D eigenvalue weighted by molar-refractivity contribution is -0.00000711. The lowest BCUT2D eigenvalue weighted by Crippen LogP contribution is -3.00. The normalized spacial score (nSPS) is 11.6. The zero-order chi connectivity index (χ0) is 22.9. The molecular formula is C29H63BrNP. The summed E-state index contributed by atoms with van der Waals surface area (Å²) >= 11 is 0. The minimum absolute atomic E-state index is 0.